The molecule has 0 aliphatic heterocycles. The summed E-state index contributed by atoms with van der Waals surface area (Å²) in [6.07, 6.45) is 3.84. The zero-order chi connectivity index (χ0) is 14.8. The molecular weight excluding hydrogens is 254 g/mol. The van der Waals surface area contributed by atoms with Gasteiger partial charge in [0.2, 0.25) is 0 Å². The Morgan fingerprint density at radius 2 is 2.05 bits per heavy atom. The number of aliphatic hydroxyl groups is 1. The maximum Gasteiger partial charge on any atom is 0.271 e. The van der Waals surface area contributed by atoms with E-state index < -0.39 is 0 Å². The summed E-state index contributed by atoms with van der Waals surface area (Å²) in [5.74, 6) is 0.297. The predicted octanol–water partition coefficient (Wildman–Crippen LogP) is 1.99. The average Bonchev–Trinajstić information content (AvgIpc) is 2.89. The number of amides is 1. The third kappa shape index (κ3) is 3.60. The van der Waals surface area contributed by atoms with Crippen molar-refractivity contribution in [3.63, 3.8) is 0 Å². The van der Waals surface area contributed by atoms with Gasteiger partial charge in [-0.1, -0.05) is 20.8 Å². The maximum atomic E-state index is 12.2. The fourth-order valence-electron chi connectivity index (χ4n) is 2.57. The van der Waals surface area contributed by atoms with Crippen LogP contribution in [0.3, 0.4) is 0 Å². The minimum Gasteiger partial charge on any atom is -0.396 e. The van der Waals surface area contributed by atoms with Crippen molar-refractivity contribution in [1.29, 1.82) is 0 Å². The number of aromatic nitrogens is 2. The first kappa shape index (κ1) is 15.0. The number of H-pyrrole nitrogens is 1. The lowest BCUT2D eigenvalue weighted by atomic mass is 9.86. The van der Waals surface area contributed by atoms with E-state index in [0.717, 1.165) is 31.4 Å². The van der Waals surface area contributed by atoms with Gasteiger partial charge in [0.1, 0.15) is 5.69 Å². The molecular formula is C15H25N3O2. The Morgan fingerprint density at radius 3 is 2.55 bits per heavy atom. The van der Waals surface area contributed by atoms with Gasteiger partial charge in [-0.25, -0.2) is 0 Å². The third-order valence-corrected chi connectivity index (χ3v) is 4.06. The molecule has 0 unspecified atom stereocenters. The molecule has 0 atom stereocenters. The summed E-state index contributed by atoms with van der Waals surface area (Å²) in [5.41, 5.74) is 1.39. The number of hydrogen-bond donors (Lipinski definition) is 3. The van der Waals surface area contributed by atoms with Gasteiger partial charge < -0.3 is 10.4 Å². The molecule has 0 saturated heterocycles. The first-order chi connectivity index (χ1) is 9.40. The van der Waals surface area contributed by atoms with Crippen molar-refractivity contribution in [3.05, 3.63) is 17.5 Å². The molecule has 1 aliphatic carbocycles. The molecule has 1 aliphatic rings. The fourth-order valence-corrected chi connectivity index (χ4v) is 2.57. The lowest BCUT2D eigenvalue weighted by Crippen LogP contribution is -2.38. The number of carbonyl (C=O) groups excluding carboxylic acids is 1. The van der Waals surface area contributed by atoms with E-state index in [4.69, 9.17) is 5.11 Å². The smallest absolute Gasteiger partial charge is 0.271 e. The maximum absolute atomic E-state index is 12.2. The fraction of sp³-hybridized carbons (Fsp3) is 0.733. The normalized spacial score (nSPS) is 23.6. The summed E-state index contributed by atoms with van der Waals surface area (Å²) in [6.45, 7) is 6.50. The second-order valence-electron chi connectivity index (χ2n) is 6.79. The minimum absolute atomic E-state index is 0.0370. The van der Waals surface area contributed by atoms with Crippen LogP contribution in [0.5, 0.6) is 0 Å². The van der Waals surface area contributed by atoms with Gasteiger partial charge in [0.15, 0.2) is 0 Å². The molecule has 1 amide bonds. The monoisotopic (exact) mass is 279 g/mol. The summed E-state index contributed by atoms with van der Waals surface area (Å²) in [7, 11) is 0. The van der Waals surface area contributed by atoms with Gasteiger partial charge >= 0.3 is 0 Å². The number of nitrogens with zero attached hydrogens (tertiary/aromatic N) is 1. The van der Waals surface area contributed by atoms with E-state index in [9.17, 15) is 4.79 Å². The Morgan fingerprint density at radius 1 is 1.40 bits per heavy atom. The van der Waals surface area contributed by atoms with Crippen molar-refractivity contribution < 1.29 is 9.90 Å². The van der Waals surface area contributed by atoms with Crippen molar-refractivity contribution in [1.82, 2.24) is 15.5 Å². The standard InChI is InChI=1S/C15H25N3O2/c1-15(2,3)13-8-12(17-18-13)14(20)16-11-6-4-10(9-19)5-7-11/h8,10-11,19H,4-7,9H2,1-3H3,(H,16,20)(H,17,18). The highest BCUT2D eigenvalue weighted by molar-refractivity contribution is 5.92. The van der Waals surface area contributed by atoms with Gasteiger partial charge in [0.25, 0.3) is 5.91 Å². The van der Waals surface area contributed by atoms with Crippen LogP contribution >= 0.6 is 0 Å². The SMILES string of the molecule is CC(C)(C)c1cc(C(=O)NC2CCC(CO)CC2)n[nH]1. The molecule has 20 heavy (non-hydrogen) atoms. The molecule has 1 fully saturated rings. The lowest BCUT2D eigenvalue weighted by Gasteiger charge is -2.27. The number of aromatic amines is 1. The van der Waals surface area contributed by atoms with Crippen LogP contribution in [0.15, 0.2) is 6.07 Å². The van der Waals surface area contributed by atoms with Crippen LogP contribution < -0.4 is 5.32 Å². The number of aliphatic hydroxyl groups excluding tert-OH is 1. The van der Waals surface area contributed by atoms with Crippen molar-refractivity contribution >= 4 is 5.91 Å². The minimum atomic E-state index is -0.107. The van der Waals surface area contributed by atoms with E-state index in [-0.39, 0.29) is 24.0 Å². The molecule has 0 bridgehead atoms. The van der Waals surface area contributed by atoms with Crippen LogP contribution in [-0.2, 0) is 5.41 Å². The average molecular weight is 279 g/mol. The molecule has 1 heterocycles. The van der Waals surface area contributed by atoms with E-state index in [1.54, 1.807) is 0 Å². The van der Waals surface area contributed by atoms with E-state index in [2.05, 4.69) is 36.3 Å². The summed E-state index contributed by atoms with van der Waals surface area (Å²) in [6, 6.07) is 2.04. The number of hydrogen-bond acceptors (Lipinski definition) is 3. The van der Waals surface area contributed by atoms with Gasteiger partial charge in [-0.05, 0) is 37.7 Å². The Hall–Kier alpha value is -1.36. The largest absolute Gasteiger partial charge is 0.396 e. The third-order valence-electron chi connectivity index (χ3n) is 4.06. The Balaban J connectivity index is 1.91. The van der Waals surface area contributed by atoms with E-state index in [1.807, 2.05) is 6.07 Å². The molecule has 1 aromatic rings. The van der Waals surface area contributed by atoms with E-state index >= 15 is 0 Å². The molecule has 1 saturated carbocycles. The Kier molecular flexibility index (Phi) is 4.48. The molecule has 3 N–H and O–H groups in total. The predicted molar refractivity (Wildman–Crippen MR) is 77.6 cm³/mol. The van der Waals surface area contributed by atoms with Crippen molar-refractivity contribution in [2.24, 2.45) is 5.92 Å². The molecule has 5 nitrogen and oxygen atoms in total. The van der Waals surface area contributed by atoms with Crippen LogP contribution in [0, 0.1) is 5.92 Å². The van der Waals surface area contributed by atoms with Gasteiger partial charge in [-0.3, -0.25) is 9.89 Å². The summed E-state index contributed by atoms with van der Waals surface area (Å²) >= 11 is 0. The molecule has 1 aromatic heterocycles. The van der Waals surface area contributed by atoms with Gasteiger partial charge in [-0.15, -0.1) is 0 Å². The van der Waals surface area contributed by atoms with Crippen LogP contribution in [0.1, 0.15) is 62.6 Å². The van der Waals surface area contributed by atoms with Gasteiger partial charge in [-0.2, -0.15) is 5.10 Å². The molecule has 5 heteroatoms. The topological polar surface area (TPSA) is 78.0 Å². The Labute approximate surface area is 120 Å². The second-order valence-corrected chi connectivity index (χ2v) is 6.79. The number of rotatable bonds is 3. The summed E-state index contributed by atoms with van der Waals surface area (Å²) < 4.78 is 0. The molecule has 0 radical (unpaired) electrons. The van der Waals surface area contributed by atoms with Crippen LogP contribution in [-0.4, -0.2) is 33.9 Å². The second kappa shape index (κ2) is 5.95. The summed E-state index contributed by atoms with van der Waals surface area (Å²) in [4.78, 5) is 12.2. The van der Waals surface area contributed by atoms with Crippen molar-refractivity contribution in [2.45, 2.75) is 57.9 Å². The first-order valence-corrected chi connectivity index (χ1v) is 7.37. The molecule has 2 rings (SSSR count). The highest BCUT2D eigenvalue weighted by Crippen LogP contribution is 2.24. The van der Waals surface area contributed by atoms with E-state index in [0.29, 0.717) is 11.6 Å². The number of carbonyl (C=O) groups is 1. The zero-order valence-corrected chi connectivity index (χ0v) is 12.6. The number of nitrogens with one attached hydrogen (secondary N) is 2. The molecule has 0 spiro atoms. The van der Waals surface area contributed by atoms with Crippen molar-refractivity contribution in [3.8, 4) is 0 Å². The highest BCUT2D eigenvalue weighted by Gasteiger charge is 2.24. The zero-order valence-electron chi connectivity index (χ0n) is 12.6. The van der Waals surface area contributed by atoms with Crippen LogP contribution in [0.25, 0.3) is 0 Å². The molecule has 0 aromatic carbocycles. The van der Waals surface area contributed by atoms with E-state index in [1.165, 1.54) is 0 Å². The molecule has 112 valence electrons. The quantitative estimate of drug-likeness (QED) is 0.791. The first-order valence-electron chi connectivity index (χ1n) is 7.37. The van der Waals surface area contributed by atoms with Crippen molar-refractivity contribution in [2.75, 3.05) is 6.61 Å². The van der Waals surface area contributed by atoms with Gasteiger partial charge in [0.05, 0.1) is 0 Å². The van der Waals surface area contributed by atoms with Crippen LogP contribution in [0.2, 0.25) is 0 Å². The Bertz CT molecular complexity index is 454. The van der Waals surface area contributed by atoms with Gasteiger partial charge in [0, 0.05) is 23.8 Å². The lowest BCUT2D eigenvalue weighted by molar-refractivity contribution is 0.0909. The summed E-state index contributed by atoms with van der Waals surface area (Å²) in [5, 5.41) is 19.2. The highest BCUT2D eigenvalue weighted by atomic mass is 16.3. The van der Waals surface area contributed by atoms with Crippen LogP contribution in [0.4, 0.5) is 0 Å².